The second-order valence-electron chi connectivity index (χ2n) is 9.13. The Balaban J connectivity index is 1.53. The van der Waals surface area contributed by atoms with Crippen molar-refractivity contribution >= 4 is 16.9 Å². The van der Waals surface area contributed by atoms with E-state index in [2.05, 4.69) is 6.07 Å². The number of aryl methyl sites for hydroxylation is 3. The SMILES string of the molecule is COc1ccc(OC)c(C2C(C#N)=C(N)Oc3cc(OC(=O)c4oc5cc(C)cc(C)c5c4C)ccc32)c1. The Hall–Kier alpha value is -4.90. The predicted octanol–water partition coefficient (Wildman–Crippen LogP) is 5.81. The number of benzene rings is 3. The second kappa shape index (κ2) is 9.52. The molecule has 1 aromatic heterocycles. The topological polar surface area (TPSA) is 117 Å². The highest BCUT2D eigenvalue weighted by atomic mass is 16.5. The largest absolute Gasteiger partial charge is 0.497 e. The molecule has 0 saturated heterocycles. The van der Waals surface area contributed by atoms with Gasteiger partial charge in [0.25, 0.3) is 0 Å². The summed E-state index contributed by atoms with van der Waals surface area (Å²) in [6, 6.07) is 16.4. The third-order valence-corrected chi connectivity index (χ3v) is 6.71. The number of carbonyl (C=O) groups is 1. The summed E-state index contributed by atoms with van der Waals surface area (Å²) in [5.74, 6) is 0.643. The van der Waals surface area contributed by atoms with Crippen LogP contribution in [0.3, 0.4) is 0 Å². The van der Waals surface area contributed by atoms with Crippen LogP contribution < -0.4 is 24.7 Å². The van der Waals surface area contributed by atoms with E-state index in [1.54, 1.807) is 50.6 Å². The third-order valence-electron chi connectivity index (χ3n) is 6.71. The molecule has 8 nitrogen and oxygen atoms in total. The highest BCUT2D eigenvalue weighted by Crippen LogP contribution is 2.46. The van der Waals surface area contributed by atoms with Crippen molar-refractivity contribution in [3.8, 4) is 29.1 Å². The summed E-state index contributed by atoms with van der Waals surface area (Å²) in [5.41, 5.74) is 11.2. The number of nitrogens with two attached hydrogens (primary N) is 1. The molecule has 0 aliphatic carbocycles. The highest BCUT2D eigenvalue weighted by Gasteiger charge is 2.33. The Labute approximate surface area is 219 Å². The van der Waals surface area contributed by atoms with Crippen LogP contribution in [0.4, 0.5) is 0 Å². The fourth-order valence-corrected chi connectivity index (χ4v) is 5.02. The van der Waals surface area contributed by atoms with Gasteiger partial charge in [-0.05, 0) is 62.2 Å². The van der Waals surface area contributed by atoms with Gasteiger partial charge in [-0.1, -0.05) is 12.1 Å². The molecule has 0 amide bonds. The van der Waals surface area contributed by atoms with Crippen molar-refractivity contribution in [3.05, 3.63) is 93.6 Å². The zero-order chi connectivity index (χ0) is 27.1. The Morgan fingerprint density at radius 2 is 1.74 bits per heavy atom. The summed E-state index contributed by atoms with van der Waals surface area (Å²) < 4.78 is 28.3. The number of ether oxygens (including phenoxy) is 4. The van der Waals surface area contributed by atoms with Gasteiger partial charge in [-0.15, -0.1) is 0 Å². The van der Waals surface area contributed by atoms with Gasteiger partial charge >= 0.3 is 5.97 Å². The predicted molar refractivity (Wildman–Crippen MR) is 141 cm³/mol. The van der Waals surface area contributed by atoms with Crippen molar-refractivity contribution < 1.29 is 28.2 Å². The lowest BCUT2D eigenvalue weighted by molar-refractivity contribution is 0.0702. The van der Waals surface area contributed by atoms with Crippen LogP contribution in [0.1, 0.15) is 44.3 Å². The van der Waals surface area contributed by atoms with Gasteiger partial charge in [-0.2, -0.15) is 5.26 Å². The Morgan fingerprint density at radius 1 is 0.974 bits per heavy atom. The monoisotopic (exact) mass is 510 g/mol. The smallest absolute Gasteiger partial charge is 0.379 e. The van der Waals surface area contributed by atoms with Gasteiger partial charge < -0.3 is 29.1 Å². The van der Waals surface area contributed by atoms with Crippen molar-refractivity contribution in [1.82, 2.24) is 0 Å². The van der Waals surface area contributed by atoms with Crippen molar-refractivity contribution in [3.63, 3.8) is 0 Å². The molecule has 5 rings (SSSR count). The Kier molecular flexibility index (Phi) is 6.21. The van der Waals surface area contributed by atoms with Crippen molar-refractivity contribution in [2.45, 2.75) is 26.7 Å². The number of furan rings is 1. The molecule has 1 aliphatic rings. The molecular formula is C30H26N2O6. The van der Waals surface area contributed by atoms with Gasteiger partial charge in [0, 0.05) is 28.1 Å². The maximum absolute atomic E-state index is 13.1. The van der Waals surface area contributed by atoms with E-state index < -0.39 is 11.9 Å². The molecular weight excluding hydrogens is 484 g/mol. The number of nitrogens with zero attached hydrogens (tertiary/aromatic N) is 1. The Morgan fingerprint density at radius 3 is 2.45 bits per heavy atom. The van der Waals surface area contributed by atoms with Crippen LogP contribution in [0.25, 0.3) is 11.0 Å². The molecule has 0 fully saturated rings. The minimum atomic E-state index is -0.626. The van der Waals surface area contributed by atoms with E-state index in [9.17, 15) is 10.1 Å². The average Bonchev–Trinajstić information content (AvgIpc) is 3.23. The molecule has 0 bridgehead atoms. The first-order valence-corrected chi connectivity index (χ1v) is 11.9. The molecule has 38 heavy (non-hydrogen) atoms. The van der Waals surface area contributed by atoms with E-state index >= 15 is 0 Å². The molecule has 0 radical (unpaired) electrons. The van der Waals surface area contributed by atoms with E-state index in [4.69, 9.17) is 29.1 Å². The number of methoxy groups -OCH3 is 2. The summed E-state index contributed by atoms with van der Waals surface area (Å²) in [4.78, 5) is 13.1. The van der Waals surface area contributed by atoms with Gasteiger partial charge in [-0.3, -0.25) is 0 Å². The molecule has 8 heteroatoms. The number of rotatable bonds is 5. The lowest BCUT2D eigenvalue weighted by atomic mass is 9.83. The number of fused-ring (bicyclic) bond motifs is 2. The molecule has 192 valence electrons. The lowest BCUT2D eigenvalue weighted by Gasteiger charge is -2.28. The molecule has 1 atom stereocenters. The van der Waals surface area contributed by atoms with Gasteiger partial charge in [-0.25, -0.2) is 4.79 Å². The summed E-state index contributed by atoms with van der Waals surface area (Å²) >= 11 is 0. The summed E-state index contributed by atoms with van der Waals surface area (Å²) in [6.07, 6.45) is 0. The quantitative estimate of drug-likeness (QED) is 0.264. The van der Waals surface area contributed by atoms with Crippen LogP contribution in [-0.4, -0.2) is 20.2 Å². The van der Waals surface area contributed by atoms with E-state index in [1.165, 1.54) is 0 Å². The average molecular weight is 511 g/mol. The minimum absolute atomic E-state index is 0.0441. The molecule has 0 saturated carbocycles. The van der Waals surface area contributed by atoms with Crippen molar-refractivity contribution in [2.24, 2.45) is 5.73 Å². The number of hydrogen-bond acceptors (Lipinski definition) is 8. The standard InChI is InChI=1S/C30H26N2O6/c1-15-10-16(2)26-17(3)28(37-25(26)11-15)30(33)36-19-6-8-20-24(13-19)38-29(32)22(14-31)27(20)21-12-18(34-4)7-9-23(21)35-5/h6-13,27H,32H2,1-5H3. The lowest BCUT2D eigenvalue weighted by Crippen LogP contribution is -2.21. The van der Waals surface area contributed by atoms with E-state index in [0.717, 1.165) is 16.5 Å². The Bertz CT molecular complexity index is 1670. The summed E-state index contributed by atoms with van der Waals surface area (Å²) in [5, 5.41) is 10.8. The van der Waals surface area contributed by atoms with Crippen LogP contribution in [0, 0.1) is 32.1 Å². The molecule has 1 unspecified atom stereocenters. The summed E-state index contributed by atoms with van der Waals surface area (Å²) in [6.45, 7) is 5.79. The van der Waals surface area contributed by atoms with Crippen LogP contribution in [0.5, 0.6) is 23.0 Å². The number of nitriles is 1. The fraction of sp³-hybridized carbons (Fsp3) is 0.200. The minimum Gasteiger partial charge on any atom is -0.497 e. The maximum atomic E-state index is 13.1. The summed E-state index contributed by atoms with van der Waals surface area (Å²) in [7, 11) is 3.11. The molecule has 0 spiro atoms. The number of hydrogen-bond donors (Lipinski definition) is 1. The molecule has 4 aromatic rings. The maximum Gasteiger partial charge on any atom is 0.379 e. The van der Waals surface area contributed by atoms with Gasteiger partial charge in [0.05, 0.1) is 20.1 Å². The van der Waals surface area contributed by atoms with Crippen molar-refractivity contribution in [1.29, 1.82) is 5.26 Å². The number of allylic oxidation sites excluding steroid dienone is 1. The zero-order valence-corrected chi connectivity index (χ0v) is 21.7. The first-order chi connectivity index (χ1) is 18.2. The zero-order valence-electron chi connectivity index (χ0n) is 21.7. The molecule has 2 heterocycles. The number of esters is 1. The van der Waals surface area contributed by atoms with Crippen LogP contribution in [0.15, 0.2) is 64.4 Å². The first kappa shape index (κ1) is 24.8. The van der Waals surface area contributed by atoms with Gasteiger partial charge in [0.15, 0.2) is 0 Å². The fourth-order valence-electron chi connectivity index (χ4n) is 5.02. The second-order valence-corrected chi connectivity index (χ2v) is 9.13. The van der Waals surface area contributed by atoms with E-state index in [0.29, 0.717) is 39.5 Å². The third kappa shape index (κ3) is 4.08. The molecule has 2 N–H and O–H groups in total. The van der Waals surface area contributed by atoms with E-state index in [1.807, 2.05) is 32.9 Å². The van der Waals surface area contributed by atoms with Crippen LogP contribution in [0.2, 0.25) is 0 Å². The van der Waals surface area contributed by atoms with Crippen LogP contribution in [-0.2, 0) is 0 Å². The van der Waals surface area contributed by atoms with E-state index in [-0.39, 0.29) is 23.0 Å². The van der Waals surface area contributed by atoms with Crippen LogP contribution >= 0.6 is 0 Å². The van der Waals surface area contributed by atoms with Crippen molar-refractivity contribution in [2.75, 3.05) is 14.2 Å². The molecule has 1 aliphatic heterocycles. The normalized spacial score (nSPS) is 14.5. The highest BCUT2D eigenvalue weighted by molar-refractivity contribution is 5.98. The first-order valence-electron chi connectivity index (χ1n) is 11.9. The van der Waals surface area contributed by atoms with Gasteiger partial charge in [0.2, 0.25) is 11.6 Å². The van der Waals surface area contributed by atoms with Gasteiger partial charge in [0.1, 0.15) is 40.2 Å². The number of carbonyl (C=O) groups excluding carboxylic acids is 1. The molecule has 3 aromatic carbocycles.